The van der Waals surface area contributed by atoms with Crippen LogP contribution in [0.4, 0.5) is 0 Å². The Bertz CT molecular complexity index is 586. The van der Waals surface area contributed by atoms with Crippen LogP contribution in [-0.4, -0.2) is 6.54 Å². The van der Waals surface area contributed by atoms with E-state index in [1.165, 1.54) is 0 Å². The van der Waals surface area contributed by atoms with Gasteiger partial charge in [0.15, 0.2) is 0 Å². The van der Waals surface area contributed by atoms with Crippen molar-refractivity contribution >= 4 is 47.8 Å². The molecule has 2 rings (SSSR count). The molecule has 0 aliphatic heterocycles. The first-order valence-corrected chi connectivity index (χ1v) is 9.42. The average molecular weight is 480 g/mol. The van der Waals surface area contributed by atoms with E-state index in [2.05, 4.69) is 73.0 Å². The third kappa shape index (κ3) is 4.21. The van der Waals surface area contributed by atoms with Crippen LogP contribution >= 0.6 is 47.8 Å². The second kappa shape index (κ2) is 7.95. The lowest BCUT2D eigenvalue weighted by atomic mass is 10.1. The molecular weight excluding hydrogens is 462 g/mol. The third-order valence-electron chi connectivity index (χ3n) is 3.27. The number of hydrogen-bond acceptors (Lipinski definition) is 2. The lowest BCUT2D eigenvalue weighted by Crippen LogP contribution is -2.20. The van der Waals surface area contributed by atoms with E-state index < -0.39 is 0 Å². The molecule has 21 heavy (non-hydrogen) atoms. The molecule has 114 valence electrons. The zero-order valence-electron chi connectivity index (χ0n) is 12.1. The number of rotatable bonds is 6. The molecule has 0 aliphatic carbocycles. The van der Waals surface area contributed by atoms with Gasteiger partial charge in [-0.05, 0) is 75.5 Å². The molecule has 0 saturated heterocycles. The van der Waals surface area contributed by atoms with Crippen LogP contribution < -0.4 is 5.32 Å². The van der Waals surface area contributed by atoms with Crippen molar-refractivity contribution in [3.8, 4) is 11.3 Å². The van der Waals surface area contributed by atoms with Crippen molar-refractivity contribution in [2.45, 2.75) is 32.7 Å². The van der Waals surface area contributed by atoms with Gasteiger partial charge in [0.05, 0.1) is 6.04 Å². The van der Waals surface area contributed by atoms with Gasteiger partial charge in [-0.25, -0.2) is 0 Å². The lowest BCUT2D eigenvalue weighted by Gasteiger charge is -2.14. The molecule has 1 aromatic carbocycles. The molecule has 1 unspecified atom stereocenters. The summed E-state index contributed by atoms with van der Waals surface area (Å²) in [5.41, 5.74) is 1.04. The third-order valence-corrected chi connectivity index (χ3v) is 4.98. The topological polar surface area (TPSA) is 25.2 Å². The van der Waals surface area contributed by atoms with Crippen LogP contribution in [0.25, 0.3) is 11.3 Å². The Morgan fingerprint density at radius 1 is 1.10 bits per heavy atom. The Labute approximate surface area is 151 Å². The van der Waals surface area contributed by atoms with Crippen molar-refractivity contribution in [2.75, 3.05) is 6.54 Å². The molecule has 0 bridgehead atoms. The fourth-order valence-electron chi connectivity index (χ4n) is 2.22. The Balaban J connectivity index is 2.31. The first-order valence-electron chi connectivity index (χ1n) is 7.04. The number of halogens is 3. The van der Waals surface area contributed by atoms with Gasteiger partial charge < -0.3 is 9.73 Å². The van der Waals surface area contributed by atoms with E-state index in [1.54, 1.807) is 0 Å². The average Bonchev–Trinajstić information content (AvgIpc) is 2.88. The van der Waals surface area contributed by atoms with E-state index >= 15 is 0 Å². The summed E-state index contributed by atoms with van der Waals surface area (Å²) in [4.78, 5) is 0. The highest BCUT2D eigenvalue weighted by Crippen LogP contribution is 2.39. The minimum absolute atomic E-state index is 0.270. The van der Waals surface area contributed by atoms with E-state index in [9.17, 15) is 0 Å². The van der Waals surface area contributed by atoms with Gasteiger partial charge in [0.2, 0.25) is 0 Å². The van der Waals surface area contributed by atoms with Crippen molar-refractivity contribution in [2.24, 2.45) is 0 Å². The SMILES string of the molecule is CCCNC(CC)c1ccc(-c2c(Br)cc(Br)cc2Br)o1. The normalized spacial score (nSPS) is 12.6. The van der Waals surface area contributed by atoms with Crippen molar-refractivity contribution in [3.05, 3.63) is 43.4 Å². The van der Waals surface area contributed by atoms with Gasteiger partial charge in [-0.1, -0.05) is 29.8 Å². The molecule has 2 aromatic rings. The summed E-state index contributed by atoms with van der Waals surface area (Å²) in [6.07, 6.45) is 2.13. The van der Waals surface area contributed by atoms with Crippen molar-refractivity contribution in [1.29, 1.82) is 0 Å². The van der Waals surface area contributed by atoms with Crippen molar-refractivity contribution in [3.63, 3.8) is 0 Å². The Morgan fingerprint density at radius 2 is 1.76 bits per heavy atom. The number of benzene rings is 1. The highest BCUT2D eigenvalue weighted by atomic mass is 79.9. The lowest BCUT2D eigenvalue weighted by molar-refractivity contribution is 0.411. The van der Waals surface area contributed by atoms with Gasteiger partial charge in [-0.3, -0.25) is 0 Å². The maximum atomic E-state index is 6.08. The number of nitrogens with one attached hydrogen (secondary N) is 1. The summed E-state index contributed by atoms with van der Waals surface area (Å²) in [6.45, 7) is 5.34. The predicted octanol–water partition coefficient (Wildman–Crippen LogP) is 6.68. The van der Waals surface area contributed by atoms with Gasteiger partial charge in [-0.15, -0.1) is 0 Å². The van der Waals surface area contributed by atoms with Crippen LogP contribution in [0.2, 0.25) is 0 Å². The van der Waals surface area contributed by atoms with Crippen molar-refractivity contribution in [1.82, 2.24) is 5.32 Å². The maximum absolute atomic E-state index is 6.08. The van der Waals surface area contributed by atoms with Crippen LogP contribution in [0.15, 0.2) is 42.1 Å². The molecule has 5 heteroatoms. The molecule has 1 N–H and O–H groups in total. The molecule has 0 amide bonds. The first-order chi connectivity index (χ1) is 10.1. The van der Waals surface area contributed by atoms with Gasteiger partial charge in [0, 0.05) is 19.0 Å². The Morgan fingerprint density at radius 3 is 2.33 bits per heavy atom. The molecule has 1 aromatic heterocycles. The summed E-state index contributed by atoms with van der Waals surface area (Å²) in [5.74, 6) is 1.86. The summed E-state index contributed by atoms with van der Waals surface area (Å²) in [6, 6.07) is 8.41. The van der Waals surface area contributed by atoms with Crippen molar-refractivity contribution < 1.29 is 4.42 Å². The largest absolute Gasteiger partial charge is 0.459 e. The van der Waals surface area contributed by atoms with Crippen LogP contribution in [0, 0.1) is 0 Å². The highest BCUT2D eigenvalue weighted by molar-refractivity contribution is 9.11. The Kier molecular flexibility index (Phi) is 6.53. The molecule has 0 fully saturated rings. The molecular formula is C16H18Br3NO. The van der Waals surface area contributed by atoms with Gasteiger partial charge in [0.1, 0.15) is 11.5 Å². The fourth-order valence-corrected chi connectivity index (χ4v) is 4.87. The van der Waals surface area contributed by atoms with E-state index in [0.717, 1.165) is 49.9 Å². The summed E-state index contributed by atoms with van der Waals surface area (Å²) >= 11 is 10.7. The monoisotopic (exact) mass is 477 g/mol. The zero-order valence-corrected chi connectivity index (χ0v) is 16.8. The standard InChI is InChI=1S/C16H18Br3NO/c1-3-7-20-13(4-2)14-5-6-15(21-14)16-11(18)8-10(17)9-12(16)19/h5-6,8-9,13,20H,3-4,7H2,1-2H3. The molecule has 1 heterocycles. The minimum Gasteiger partial charge on any atom is -0.459 e. The second-order valence-electron chi connectivity index (χ2n) is 4.86. The minimum atomic E-state index is 0.270. The molecule has 0 aliphatic rings. The predicted molar refractivity (Wildman–Crippen MR) is 98.6 cm³/mol. The van der Waals surface area contributed by atoms with E-state index in [1.807, 2.05) is 18.2 Å². The van der Waals surface area contributed by atoms with Crippen LogP contribution in [-0.2, 0) is 0 Å². The quantitative estimate of drug-likeness (QED) is 0.499. The molecule has 0 saturated carbocycles. The van der Waals surface area contributed by atoms with Crippen LogP contribution in [0.5, 0.6) is 0 Å². The number of furan rings is 1. The summed E-state index contributed by atoms with van der Waals surface area (Å²) < 4.78 is 9.10. The van der Waals surface area contributed by atoms with Crippen LogP contribution in [0.3, 0.4) is 0 Å². The summed E-state index contributed by atoms with van der Waals surface area (Å²) in [7, 11) is 0. The fraction of sp³-hybridized carbons (Fsp3) is 0.375. The second-order valence-corrected chi connectivity index (χ2v) is 7.49. The van der Waals surface area contributed by atoms with Gasteiger partial charge in [0.25, 0.3) is 0 Å². The molecule has 0 spiro atoms. The number of hydrogen-bond donors (Lipinski definition) is 1. The first kappa shape index (κ1) is 17.3. The van der Waals surface area contributed by atoms with E-state index in [-0.39, 0.29) is 6.04 Å². The zero-order chi connectivity index (χ0) is 15.4. The van der Waals surface area contributed by atoms with E-state index in [0.29, 0.717) is 0 Å². The van der Waals surface area contributed by atoms with Gasteiger partial charge >= 0.3 is 0 Å². The highest BCUT2D eigenvalue weighted by Gasteiger charge is 2.17. The molecule has 0 radical (unpaired) electrons. The molecule has 1 atom stereocenters. The smallest absolute Gasteiger partial charge is 0.136 e. The molecule has 2 nitrogen and oxygen atoms in total. The summed E-state index contributed by atoms with van der Waals surface area (Å²) in [5, 5.41) is 3.51. The maximum Gasteiger partial charge on any atom is 0.136 e. The van der Waals surface area contributed by atoms with E-state index in [4.69, 9.17) is 4.42 Å². The van der Waals surface area contributed by atoms with Gasteiger partial charge in [-0.2, -0.15) is 0 Å². The Hall–Kier alpha value is -0.100. The van der Waals surface area contributed by atoms with Crippen LogP contribution in [0.1, 0.15) is 38.5 Å².